The summed E-state index contributed by atoms with van der Waals surface area (Å²) in [6, 6.07) is 9.85. The fourth-order valence-corrected chi connectivity index (χ4v) is 4.59. The first-order valence-corrected chi connectivity index (χ1v) is 10.8. The van der Waals surface area contributed by atoms with Crippen molar-refractivity contribution in [3.63, 3.8) is 0 Å². The predicted octanol–water partition coefficient (Wildman–Crippen LogP) is 5.51. The van der Waals surface area contributed by atoms with Crippen LogP contribution >= 0.6 is 11.8 Å². The van der Waals surface area contributed by atoms with Gasteiger partial charge in [-0.3, -0.25) is 9.59 Å². The molecule has 4 nitrogen and oxygen atoms in total. The molecule has 2 aliphatic rings. The molecule has 0 aromatic heterocycles. The minimum Gasteiger partial charge on any atom is -0.329 e. The van der Waals surface area contributed by atoms with E-state index in [2.05, 4.69) is 5.32 Å². The number of carbonyl (C=O) groups excluding carboxylic acids is 2. The topological polar surface area (TPSA) is 49.4 Å². The number of hydrogen-bond acceptors (Lipinski definition) is 3. The number of rotatable bonds is 4. The number of carbonyl (C=O) groups is 2. The molecular weight excluding hydrogens is 413 g/mol. The van der Waals surface area contributed by atoms with Gasteiger partial charge in [0.05, 0.1) is 17.3 Å². The lowest BCUT2D eigenvalue weighted by atomic mass is 10.0. The van der Waals surface area contributed by atoms with Crippen LogP contribution in [0.25, 0.3) is 0 Å². The molecule has 1 fully saturated rings. The Morgan fingerprint density at radius 3 is 2.67 bits per heavy atom. The van der Waals surface area contributed by atoms with Crippen molar-refractivity contribution in [3.05, 3.63) is 59.2 Å². The summed E-state index contributed by atoms with van der Waals surface area (Å²) in [6.45, 7) is 1.76. The highest BCUT2D eigenvalue weighted by atomic mass is 32.2. The first-order valence-electron chi connectivity index (χ1n) is 9.80. The quantitative estimate of drug-likeness (QED) is 0.691. The van der Waals surface area contributed by atoms with Gasteiger partial charge in [0.2, 0.25) is 5.91 Å². The standard InChI is InChI=1S/C22H21F3N2O2S/c1-13(14-3-2-4-16(11-14)22(23,24)25)27(17-6-7-17)21(29)15-5-8-19-18(12-15)26-20(28)9-10-30-19/h2-5,8,11-13,17H,6-7,9-10H2,1H3,(H,26,28). The molecule has 2 aromatic carbocycles. The van der Waals surface area contributed by atoms with Gasteiger partial charge >= 0.3 is 6.18 Å². The summed E-state index contributed by atoms with van der Waals surface area (Å²) >= 11 is 1.55. The maximum Gasteiger partial charge on any atom is 0.416 e. The fourth-order valence-electron chi connectivity index (χ4n) is 3.65. The summed E-state index contributed by atoms with van der Waals surface area (Å²) in [5, 5.41) is 2.83. The van der Waals surface area contributed by atoms with Crippen LogP contribution in [-0.4, -0.2) is 28.5 Å². The SMILES string of the molecule is CC(c1cccc(C(F)(F)F)c1)N(C(=O)c1ccc2c(c1)NC(=O)CCS2)C1CC1. The summed E-state index contributed by atoms with van der Waals surface area (Å²) in [4.78, 5) is 27.8. The van der Waals surface area contributed by atoms with Gasteiger partial charge in [-0.1, -0.05) is 12.1 Å². The van der Waals surface area contributed by atoms with Crippen molar-refractivity contribution in [2.45, 2.75) is 49.3 Å². The van der Waals surface area contributed by atoms with E-state index in [-0.39, 0.29) is 17.9 Å². The molecule has 1 aliphatic heterocycles. The Morgan fingerprint density at radius 2 is 1.97 bits per heavy atom. The Balaban J connectivity index is 1.64. The molecule has 1 heterocycles. The van der Waals surface area contributed by atoms with Crippen molar-refractivity contribution < 1.29 is 22.8 Å². The molecule has 1 saturated carbocycles. The highest BCUT2D eigenvalue weighted by Gasteiger charge is 2.38. The molecule has 1 unspecified atom stereocenters. The second kappa shape index (κ2) is 7.98. The Morgan fingerprint density at radius 1 is 1.20 bits per heavy atom. The lowest BCUT2D eigenvalue weighted by Gasteiger charge is -2.30. The average molecular weight is 434 g/mol. The Hall–Kier alpha value is -2.48. The number of halogens is 3. The largest absolute Gasteiger partial charge is 0.416 e. The second-order valence-corrected chi connectivity index (χ2v) is 8.74. The first-order chi connectivity index (χ1) is 14.2. The zero-order valence-corrected chi connectivity index (χ0v) is 17.1. The van der Waals surface area contributed by atoms with Crippen LogP contribution in [-0.2, 0) is 11.0 Å². The number of hydrogen-bond donors (Lipinski definition) is 1. The third-order valence-electron chi connectivity index (χ3n) is 5.38. The van der Waals surface area contributed by atoms with E-state index in [1.807, 2.05) is 6.07 Å². The summed E-state index contributed by atoms with van der Waals surface area (Å²) in [6.07, 6.45) is -2.38. The lowest BCUT2D eigenvalue weighted by Crippen LogP contribution is -2.35. The Kier molecular flexibility index (Phi) is 5.53. The van der Waals surface area contributed by atoms with E-state index in [4.69, 9.17) is 0 Å². The maximum atomic E-state index is 13.4. The maximum absolute atomic E-state index is 13.4. The Bertz CT molecular complexity index is 989. The van der Waals surface area contributed by atoms with Gasteiger partial charge in [0.25, 0.3) is 5.91 Å². The van der Waals surface area contributed by atoms with Crippen molar-refractivity contribution in [1.82, 2.24) is 4.90 Å². The lowest BCUT2D eigenvalue weighted by molar-refractivity contribution is -0.137. The van der Waals surface area contributed by atoms with Gasteiger partial charge in [0.1, 0.15) is 0 Å². The zero-order chi connectivity index (χ0) is 21.5. The van der Waals surface area contributed by atoms with E-state index < -0.39 is 17.8 Å². The molecular formula is C22H21F3N2O2S. The van der Waals surface area contributed by atoms with Crippen molar-refractivity contribution in [3.8, 4) is 0 Å². The zero-order valence-electron chi connectivity index (χ0n) is 16.3. The second-order valence-electron chi connectivity index (χ2n) is 7.60. The number of anilines is 1. The molecule has 158 valence electrons. The monoisotopic (exact) mass is 434 g/mol. The minimum absolute atomic E-state index is 0.00446. The van der Waals surface area contributed by atoms with Crippen molar-refractivity contribution in [2.75, 3.05) is 11.1 Å². The molecule has 0 spiro atoms. The summed E-state index contributed by atoms with van der Waals surface area (Å²) < 4.78 is 39.4. The third-order valence-corrected chi connectivity index (χ3v) is 6.45. The van der Waals surface area contributed by atoms with Gasteiger partial charge in [0, 0.05) is 28.7 Å². The number of thioether (sulfide) groups is 1. The third kappa shape index (κ3) is 4.33. The van der Waals surface area contributed by atoms with Gasteiger partial charge in [-0.15, -0.1) is 11.8 Å². The highest BCUT2D eigenvalue weighted by molar-refractivity contribution is 7.99. The summed E-state index contributed by atoms with van der Waals surface area (Å²) in [5.74, 6) is 0.336. The molecule has 0 bridgehead atoms. The van der Waals surface area contributed by atoms with E-state index in [1.165, 1.54) is 6.07 Å². The first kappa shape index (κ1) is 20.8. The van der Waals surface area contributed by atoms with Gasteiger partial charge in [-0.25, -0.2) is 0 Å². The number of alkyl halides is 3. The Labute approximate surface area is 176 Å². The smallest absolute Gasteiger partial charge is 0.329 e. The molecule has 4 rings (SSSR count). The summed E-state index contributed by atoms with van der Waals surface area (Å²) in [5.41, 5.74) is 0.751. The van der Waals surface area contributed by atoms with Gasteiger partial charge in [-0.2, -0.15) is 13.2 Å². The van der Waals surface area contributed by atoms with Crippen LogP contribution in [0.2, 0.25) is 0 Å². The van der Waals surface area contributed by atoms with Gasteiger partial charge < -0.3 is 10.2 Å². The van der Waals surface area contributed by atoms with E-state index in [1.54, 1.807) is 41.8 Å². The molecule has 1 atom stereocenters. The van der Waals surface area contributed by atoms with Crippen molar-refractivity contribution in [1.29, 1.82) is 0 Å². The molecule has 30 heavy (non-hydrogen) atoms. The van der Waals surface area contributed by atoms with E-state index in [0.717, 1.165) is 29.9 Å². The van der Waals surface area contributed by atoms with Crippen molar-refractivity contribution in [2.24, 2.45) is 0 Å². The molecule has 2 amide bonds. The van der Waals surface area contributed by atoms with E-state index >= 15 is 0 Å². The normalized spacial score (nSPS) is 17.5. The molecule has 1 N–H and O–H groups in total. The average Bonchev–Trinajstić information content (AvgIpc) is 3.54. The van der Waals surface area contributed by atoms with Crippen LogP contribution in [0.4, 0.5) is 18.9 Å². The van der Waals surface area contributed by atoms with Crippen LogP contribution < -0.4 is 5.32 Å². The van der Waals surface area contributed by atoms with E-state index in [0.29, 0.717) is 29.0 Å². The van der Waals surface area contributed by atoms with Crippen LogP contribution in [0.15, 0.2) is 47.4 Å². The number of benzene rings is 2. The van der Waals surface area contributed by atoms with Crippen LogP contribution in [0.5, 0.6) is 0 Å². The highest BCUT2D eigenvalue weighted by Crippen LogP contribution is 2.39. The molecule has 8 heteroatoms. The molecule has 1 aliphatic carbocycles. The van der Waals surface area contributed by atoms with Crippen LogP contribution in [0.3, 0.4) is 0 Å². The van der Waals surface area contributed by atoms with Crippen LogP contribution in [0.1, 0.15) is 53.7 Å². The summed E-state index contributed by atoms with van der Waals surface area (Å²) in [7, 11) is 0. The molecule has 0 radical (unpaired) electrons. The van der Waals surface area contributed by atoms with Crippen LogP contribution in [0, 0.1) is 0 Å². The molecule has 0 saturated heterocycles. The number of nitrogens with one attached hydrogen (secondary N) is 1. The van der Waals surface area contributed by atoms with E-state index in [9.17, 15) is 22.8 Å². The molecule has 2 aromatic rings. The van der Waals surface area contributed by atoms with Gasteiger partial charge in [-0.05, 0) is 55.7 Å². The number of amides is 2. The van der Waals surface area contributed by atoms with Gasteiger partial charge in [0.15, 0.2) is 0 Å². The number of fused-ring (bicyclic) bond motifs is 1. The minimum atomic E-state index is -4.43. The fraction of sp³-hybridized carbons (Fsp3) is 0.364. The van der Waals surface area contributed by atoms with Crippen molar-refractivity contribution >= 4 is 29.3 Å². The predicted molar refractivity (Wildman–Crippen MR) is 109 cm³/mol. The number of nitrogens with zero attached hydrogens (tertiary/aromatic N) is 1.